The van der Waals surface area contributed by atoms with Crippen molar-refractivity contribution in [2.24, 2.45) is 0 Å². The number of aromatic nitrogens is 1. The highest BCUT2D eigenvalue weighted by Gasteiger charge is 2.48. The van der Waals surface area contributed by atoms with Crippen molar-refractivity contribution in [3.05, 3.63) is 77.1 Å². The predicted molar refractivity (Wildman–Crippen MR) is 143 cm³/mol. The highest BCUT2D eigenvalue weighted by atomic mass is 32.1. The number of ketones is 1. The van der Waals surface area contributed by atoms with Crippen LogP contribution < -0.4 is 23.8 Å². The molecular formula is C28H23FN2O7S. The molecule has 9 nitrogen and oxygen atoms in total. The van der Waals surface area contributed by atoms with E-state index in [9.17, 15) is 19.1 Å². The lowest BCUT2D eigenvalue weighted by Gasteiger charge is -2.24. The smallest absolute Gasteiger partial charge is 0.301 e. The number of amides is 1. The first-order valence-electron chi connectivity index (χ1n) is 11.6. The zero-order valence-electron chi connectivity index (χ0n) is 21.4. The molecule has 39 heavy (non-hydrogen) atoms. The summed E-state index contributed by atoms with van der Waals surface area (Å²) in [5.74, 6) is -1.22. The van der Waals surface area contributed by atoms with Gasteiger partial charge in [0, 0.05) is 5.56 Å². The number of benzene rings is 3. The van der Waals surface area contributed by atoms with Gasteiger partial charge in [0.1, 0.15) is 17.3 Å². The highest BCUT2D eigenvalue weighted by molar-refractivity contribution is 7.22. The molecule has 1 amide bonds. The van der Waals surface area contributed by atoms with Crippen molar-refractivity contribution in [2.45, 2.75) is 6.04 Å². The average Bonchev–Trinajstić information content (AvgIpc) is 3.49. The van der Waals surface area contributed by atoms with Crippen molar-refractivity contribution in [2.75, 3.05) is 33.3 Å². The van der Waals surface area contributed by atoms with E-state index in [4.69, 9.17) is 18.9 Å². The quantitative estimate of drug-likeness (QED) is 0.193. The Labute approximate surface area is 226 Å². The van der Waals surface area contributed by atoms with Crippen LogP contribution in [0.5, 0.6) is 23.0 Å². The van der Waals surface area contributed by atoms with Crippen LogP contribution >= 0.6 is 11.3 Å². The lowest BCUT2D eigenvalue weighted by molar-refractivity contribution is -0.132. The predicted octanol–water partition coefficient (Wildman–Crippen LogP) is 5.10. The van der Waals surface area contributed by atoms with Crippen LogP contribution in [0, 0.1) is 5.82 Å². The van der Waals surface area contributed by atoms with Crippen LogP contribution in [0.2, 0.25) is 0 Å². The third-order valence-corrected chi connectivity index (χ3v) is 7.37. The Morgan fingerprint density at radius 2 is 1.59 bits per heavy atom. The molecule has 11 heteroatoms. The summed E-state index contributed by atoms with van der Waals surface area (Å²) < 4.78 is 36.0. The normalized spacial score (nSPS) is 16.5. The van der Waals surface area contributed by atoms with Crippen molar-refractivity contribution in [3.63, 3.8) is 0 Å². The van der Waals surface area contributed by atoms with Crippen molar-refractivity contribution in [1.82, 2.24) is 4.98 Å². The molecule has 2 heterocycles. The first kappa shape index (κ1) is 26.0. The molecule has 1 atom stereocenters. The number of rotatable bonds is 7. The average molecular weight is 551 g/mol. The van der Waals surface area contributed by atoms with Gasteiger partial charge in [0.15, 0.2) is 16.6 Å². The molecule has 5 rings (SSSR count). The molecule has 1 aromatic heterocycles. The first-order chi connectivity index (χ1) is 18.8. The number of carbonyl (C=O) groups is 2. The fourth-order valence-corrected chi connectivity index (χ4v) is 5.52. The summed E-state index contributed by atoms with van der Waals surface area (Å²) in [6.45, 7) is 0. The van der Waals surface area contributed by atoms with Gasteiger partial charge in [-0.3, -0.25) is 14.5 Å². The number of halogens is 1. The molecule has 0 saturated carbocycles. The van der Waals surface area contributed by atoms with E-state index in [1.807, 2.05) is 0 Å². The fourth-order valence-electron chi connectivity index (χ4n) is 4.50. The van der Waals surface area contributed by atoms with Crippen LogP contribution in [-0.2, 0) is 9.59 Å². The van der Waals surface area contributed by atoms with Gasteiger partial charge in [-0.1, -0.05) is 11.3 Å². The Hall–Kier alpha value is -4.64. The molecule has 0 bridgehead atoms. The monoisotopic (exact) mass is 550 g/mol. The van der Waals surface area contributed by atoms with Gasteiger partial charge >= 0.3 is 5.91 Å². The number of hydrogen-bond acceptors (Lipinski definition) is 9. The van der Waals surface area contributed by atoms with E-state index in [1.165, 1.54) is 51.5 Å². The Balaban J connectivity index is 1.77. The van der Waals surface area contributed by atoms with E-state index in [-0.39, 0.29) is 28.0 Å². The van der Waals surface area contributed by atoms with E-state index >= 15 is 0 Å². The molecule has 1 aliphatic heterocycles. The summed E-state index contributed by atoms with van der Waals surface area (Å²) in [6, 6.07) is 12.5. The molecule has 1 aliphatic rings. The maximum absolute atomic E-state index is 13.9. The number of Topliss-reactive ketones (excluding diaryl/α,β-unsaturated/α-hetero) is 1. The van der Waals surface area contributed by atoms with Gasteiger partial charge in [0.05, 0.1) is 50.3 Å². The number of nitrogens with zero attached hydrogens (tertiary/aromatic N) is 2. The highest BCUT2D eigenvalue weighted by Crippen LogP contribution is 2.48. The van der Waals surface area contributed by atoms with Gasteiger partial charge in [0.25, 0.3) is 5.78 Å². The number of aliphatic hydroxyl groups excluding tert-OH is 1. The third-order valence-electron chi connectivity index (χ3n) is 6.36. The number of methoxy groups -OCH3 is 4. The molecule has 4 aromatic rings. The standard InChI is InChI=1S/C28H23FN2O7S/c1-35-17-8-5-14(6-9-17)24(32)22-23(15-11-19(36-2)26(38-4)20(12-15)37-3)31(27(34)25(22)33)28-30-18-10-7-16(29)13-21(18)39-28/h5-13,23,32H,1-4H3/b24-22+/t23-/m1/s1. The molecule has 0 radical (unpaired) electrons. The number of aliphatic hydroxyl groups is 1. The summed E-state index contributed by atoms with van der Waals surface area (Å²) in [6.07, 6.45) is 0. The summed E-state index contributed by atoms with van der Waals surface area (Å²) in [5.41, 5.74) is 0.990. The lowest BCUT2D eigenvalue weighted by atomic mass is 9.94. The van der Waals surface area contributed by atoms with Crippen molar-refractivity contribution >= 4 is 44.1 Å². The van der Waals surface area contributed by atoms with E-state index in [1.54, 1.807) is 36.4 Å². The van der Waals surface area contributed by atoms with E-state index in [2.05, 4.69) is 4.98 Å². The summed E-state index contributed by atoms with van der Waals surface area (Å²) in [7, 11) is 5.85. The Bertz CT molecular complexity index is 1610. The van der Waals surface area contributed by atoms with E-state index < -0.39 is 23.5 Å². The molecule has 1 saturated heterocycles. The van der Waals surface area contributed by atoms with Crippen LogP contribution in [0.4, 0.5) is 9.52 Å². The van der Waals surface area contributed by atoms with Crippen LogP contribution in [0.15, 0.2) is 60.2 Å². The molecule has 0 aliphatic carbocycles. The molecular weight excluding hydrogens is 527 g/mol. The number of carbonyl (C=O) groups excluding carboxylic acids is 2. The molecule has 0 unspecified atom stereocenters. The minimum absolute atomic E-state index is 0.158. The number of anilines is 1. The number of hydrogen-bond donors (Lipinski definition) is 1. The number of fused-ring (bicyclic) bond motifs is 1. The van der Waals surface area contributed by atoms with E-state index in [0.29, 0.717) is 32.8 Å². The van der Waals surface area contributed by atoms with Gasteiger partial charge < -0.3 is 24.1 Å². The van der Waals surface area contributed by atoms with Crippen LogP contribution in [-0.4, -0.2) is 50.2 Å². The van der Waals surface area contributed by atoms with Crippen molar-refractivity contribution in [3.8, 4) is 23.0 Å². The molecule has 0 spiro atoms. The Morgan fingerprint density at radius 1 is 0.923 bits per heavy atom. The molecule has 1 fully saturated rings. The van der Waals surface area contributed by atoms with Gasteiger partial charge in [0.2, 0.25) is 5.75 Å². The second-order valence-electron chi connectivity index (χ2n) is 8.46. The minimum Gasteiger partial charge on any atom is -0.507 e. The largest absolute Gasteiger partial charge is 0.507 e. The SMILES string of the molecule is COc1ccc(/C(O)=C2\C(=O)C(=O)N(c3nc4ccc(F)cc4s3)[C@@H]2c2cc(OC)c(OC)c(OC)c2)cc1. The number of thiazole rings is 1. The lowest BCUT2D eigenvalue weighted by Crippen LogP contribution is -2.29. The second kappa shape index (κ2) is 10.3. The first-order valence-corrected chi connectivity index (χ1v) is 12.4. The summed E-state index contributed by atoms with van der Waals surface area (Å²) >= 11 is 1.05. The van der Waals surface area contributed by atoms with Gasteiger partial charge in [-0.2, -0.15) is 0 Å². The molecule has 1 N–H and O–H groups in total. The Morgan fingerprint density at radius 3 is 2.18 bits per heavy atom. The fraction of sp³-hybridized carbons (Fsp3) is 0.179. The second-order valence-corrected chi connectivity index (χ2v) is 9.47. The molecule has 200 valence electrons. The van der Waals surface area contributed by atoms with Gasteiger partial charge in [-0.05, 0) is 60.2 Å². The van der Waals surface area contributed by atoms with Crippen molar-refractivity contribution in [1.29, 1.82) is 0 Å². The van der Waals surface area contributed by atoms with Crippen molar-refractivity contribution < 1.29 is 38.0 Å². The van der Waals surface area contributed by atoms with E-state index in [0.717, 1.165) is 11.3 Å². The Kier molecular flexibility index (Phi) is 6.83. The maximum atomic E-state index is 13.9. The topological polar surface area (TPSA) is 107 Å². The van der Waals surface area contributed by atoms with Gasteiger partial charge in [-0.25, -0.2) is 9.37 Å². The van der Waals surface area contributed by atoms with Crippen LogP contribution in [0.1, 0.15) is 17.2 Å². The summed E-state index contributed by atoms with van der Waals surface area (Å²) in [4.78, 5) is 32.7. The zero-order valence-corrected chi connectivity index (χ0v) is 22.2. The van der Waals surface area contributed by atoms with Gasteiger partial charge in [-0.15, -0.1) is 0 Å². The molecule has 3 aromatic carbocycles. The third kappa shape index (κ3) is 4.40. The minimum atomic E-state index is -1.12. The maximum Gasteiger partial charge on any atom is 0.301 e. The number of ether oxygens (including phenoxy) is 4. The van der Waals surface area contributed by atoms with Crippen LogP contribution in [0.3, 0.4) is 0 Å². The summed E-state index contributed by atoms with van der Waals surface area (Å²) in [5, 5.41) is 11.5. The zero-order chi connectivity index (χ0) is 27.8. The van der Waals surface area contributed by atoms with Crippen LogP contribution in [0.25, 0.3) is 16.0 Å².